The van der Waals surface area contributed by atoms with Crippen molar-refractivity contribution in [2.45, 2.75) is 64.2 Å². The number of carbonyl (C=O) groups is 1. The normalized spacial score (nSPS) is 22.1. The number of hydrogen-bond donors (Lipinski definition) is 2. The minimum absolute atomic E-state index is 0.0657. The van der Waals surface area contributed by atoms with Gasteiger partial charge in [0.1, 0.15) is 5.60 Å². The Morgan fingerprint density at radius 1 is 1.50 bits per heavy atom. The van der Waals surface area contributed by atoms with Gasteiger partial charge in [-0.15, -0.1) is 0 Å². The Morgan fingerprint density at radius 3 is 2.72 bits per heavy atom. The summed E-state index contributed by atoms with van der Waals surface area (Å²) < 4.78 is 5.33. The van der Waals surface area contributed by atoms with Crippen LogP contribution in [0.2, 0.25) is 0 Å². The summed E-state index contributed by atoms with van der Waals surface area (Å²) in [5.41, 5.74) is -0.514. The van der Waals surface area contributed by atoms with Gasteiger partial charge in [0.25, 0.3) is 0 Å². The molecule has 0 unspecified atom stereocenters. The van der Waals surface area contributed by atoms with Crippen LogP contribution in [0.4, 0.5) is 4.79 Å². The van der Waals surface area contributed by atoms with Crippen molar-refractivity contribution in [1.29, 1.82) is 0 Å². The molecule has 1 amide bonds. The molecule has 106 valence electrons. The van der Waals surface area contributed by atoms with Crippen LogP contribution in [0.1, 0.15) is 46.5 Å². The van der Waals surface area contributed by atoms with Crippen molar-refractivity contribution in [2.24, 2.45) is 0 Å². The lowest BCUT2D eigenvalue weighted by Gasteiger charge is -2.31. The highest BCUT2D eigenvalue weighted by molar-refractivity contribution is 5.69. The highest BCUT2D eigenvalue weighted by Gasteiger charge is 2.35. The third-order valence-electron chi connectivity index (χ3n) is 3.03. The monoisotopic (exact) mass is 259 g/mol. The molecule has 0 radical (unpaired) electrons. The molecule has 0 aliphatic carbocycles. The molecule has 1 rings (SSSR count). The number of hydrogen-bond acceptors (Lipinski definition) is 4. The Hall–Kier alpha value is -0.810. The van der Waals surface area contributed by atoms with E-state index in [0.29, 0.717) is 19.4 Å². The number of rotatable bonds is 4. The van der Waals surface area contributed by atoms with Crippen molar-refractivity contribution in [1.82, 2.24) is 4.90 Å². The Kier molecular flexibility index (Phi) is 5.41. The van der Waals surface area contributed by atoms with E-state index >= 15 is 0 Å². The van der Waals surface area contributed by atoms with E-state index in [0.717, 1.165) is 12.8 Å². The van der Waals surface area contributed by atoms with Gasteiger partial charge in [-0.25, -0.2) is 4.79 Å². The van der Waals surface area contributed by atoms with Crippen LogP contribution >= 0.6 is 0 Å². The number of amides is 1. The molecule has 18 heavy (non-hydrogen) atoms. The number of ether oxygens (including phenoxy) is 1. The van der Waals surface area contributed by atoms with Gasteiger partial charge in [-0.1, -0.05) is 0 Å². The molecule has 2 N–H and O–H groups in total. The van der Waals surface area contributed by atoms with Crippen LogP contribution in [-0.4, -0.2) is 52.1 Å². The molecule has 1 heterocycles. The van der Waals surface area contributed by atoms with Crippen LogP contribution in [0, 0.1) is 0 Å². The van der Waals surface area contributed by atoms with Crippen LogP contribution in [0.25, 0.3) is 0 Å². The Balaban J connectivity index is 2.56. The highest BCUT2D eigenvalue weighted by atomic mass is 16.6. The van der Waals surface area contributed by atoms with Crippen LogP contribution in [0.5, 0.6) is 0 Å². The second-order valence-corrected chi connectivity index (χ2v) is 5.82. The maximum atomic E-state index is 12.0. The lowest BCUT2D eigenvalue weighted by molar-refractivity contribution is 0.00302. The summed E-state index contributed by atoms with van der Waals surface area (Å²) in [5, 5.41) is 18.8. The molecule has 2 atom stereocenters. The number of aliphatic hydroxyl groups is 2. The molecule has 1 aliphatic heterocycles. The van der Waals surface area contributed by atoms with Gasteiger partial charge in [0.05, 0.1) is 12.1 Å². The van der Waals surface area contributed by atoms with Gasteiger partial charge < -0.3 is 19.8 Å². The zero-order valence-corrected chi connectivity index (χ0v) is 11.6. The Bertz CT molecular complexity index is 275. The van der Waals surface area contributed by atoms with Gasteiger partial charge in [-0.05, 0) is 46.5 Å². The first-order valence-corrected chi connectivity index (χ1v) is 6.63. The Labute approximate surface area is 109 Å². The summed E-state index contributed by atoms with van der Waals surface area (Å²) >= 11 is 0. The second kappa shape index (κ2) is 6.38. The molecule has 0 aromatic carbocycles. The van der Waals surface area contributed by atoms with Gasteiger partial charge in [0.2, 0.25) is 0 Å². The van der Waals surface area contributed by atoms with E-state index in [1.54, 1.807) is 4.90 Å². The molecule has 5 heteroatoms. The van der Waals surface area contributed by atoms with Gasteiger partial charge >= 0.3 is 6.09 Å². The van der Waals surface area contributed by atoms with E-state index in [9.17, 15) is 9.90 Å². The van der Waals surface area contributed by atoms with Crippen molar-refractivity contribution in [3.05, 3.63) is 0 Å². The minimum atomic E-state index is -0.577. The lowest BCUT2D eigenvalue weighted by atomic mass is 10.0. The topological polar surface area (TPSA) is 70.0 Å². The lowest BCUT2D eigenvalue weighted by Crippen LogP contribution is -2.45. The summed E-state index contributed by atoms with van der Waals surface area (Å²) in [4.78, 5) is 13.6. The molecular formula is C13H25NO4. The van der Waals surface area contributed by atoms with Crippen molar-refractivity contribution in [3.63, 3.8) is 0 Å². The molecule has 5 nitrogen and oxygen atoms in total. The zero-order chi connectivity index (χ0) is 13.8. The molecule has 0 spiro atoms. The summed E-state index contributed by atoms with van der Waals surface area (Å²) in [6.07, 6.45) is 1.83. The fraction of sp³-hybridized carbons (Fsp3) is 0.923. The van der Waals surface area contributed by atoms with E-state index in [-0.39, 0.29) is 18.7 Å². The molecule has 1 aliphatic rings. The maximum absolute atomic E-state index is 12.0. The van der Waals surface area contributed by atoms with E-state index in [2.05, 4.69) is 0 Å². The van der Waals surface area contributed by atoms with Crippen LogP contribution in [-0.2, 0) is 4.74 Å². The largest absolute Gasteiger partial charge is 0.444 e. The molecule has 0 bridgehead atoms. The number of likely N-dealkylation sites (tertiary alicyclic amines) is 1. The number of nitrogens with zero attached hydrogens (tertiary/aromatic N) is 1. The van der Waals surface area contributed by atoms with Gasteiger partial charge in [-0.3, -0.25) is 0 Å². The van der Waals surface area contributed by atoms with E-state index in [4.69, 9.17) is 9.84 Å². The van der Waals surface area contributed by atoms with E-state index in [1.165, 1.54) is 0 Å². The summed E-state index contributed by atoms with van der Waals surface area (Å²) in [7, 11) is 0. The average molecular weight is 259 g/mol. The van der Waals surface area contributed by atoms with Crippen molar-refractivity contribution in [2.75, 3.05) is 13.2 Å². The fourth-order valence-corrected chi connectivity index (χ4v) is 2.23. The van der Waals surface area contributed by atoms with Crippen molar-refractivity contribution >= 4 is 6.09 Å². The first-order valence-electron chi connectivity index (χ1n) is 6.63. The van der Waals surface area contributed by atoms with Crippen molar-refractivity contribution < 1.29 is 19.7 Å². The highest BCUT2D eigenvalue weighted by Crippen LogP contribution is 2.24. The van der Waals surface area contributed by atoms with Gasteiger partial charge in [-0.2, -0.15) is 0 Å². The third kappa shape index (κ3) is 4.46. The fourth-order valence-electron chi connectivity index (χ4n) is 2.23. The molecule has 0 saturated carbocycles. The third-order valence-corrected chi connectivity index (χ3v) is 3.03. The van der Waals surface area contributed by atoms with Crippen LogP contribution in [0.3, 0.4) is 0 Å². The standard InChI is InChI=1S/C13H25NO4/c1-13(2,3)18-12(17)14-8-4-6-10(14)11(16)7-5-9-15/h10-11,15-16H,4-9H2,1-3H3/t10-,11-/m0/s1. The molecular weight excluding hydrogens is 234 g/mol. The molecule has 0 aromatic rings. The molecule has 1 saturated heterocycles. The smallest absolute Gasteiger partial charge is 0.410 e. The maximum Gasteiger partial charge on any atom is 0.410 e. The number of aliphatic hydroxyl groups excluding tert-OH is 2. The average Bonchev–Trinajstić information content (AvgIpc) is 2.72. The summed E-state index contributed by atoms with van der Waals surface area (Å²) in [5.74, 6) is 0. The zero-order valence-electron chi connectivity index (χ0n) is 11.6. The Morgan fingerprint density at radius 2 is 2.17 bits per heavy atom. The number of carbonyl (C=O) groups excluding carboxylic acids is 1. The molecule has 0 aromatic heterocycles. The SMILES string of the molecule is CC(C)(C)OC(=O)N1CCC[C@H]1[C@@H](O)CCCO. The second-order valence-electron chi connectivity index (χ2n) is 5.82. The van der Waals surface area contributed by atoms with Crippen LogP contribution in [0.15, 0.2) is 0 Å². The first-order chi connectivity index (χ1) is 8.35. The van der Waals surface area contributed by atoms with E-state index < -0.39 is 11.7 Å². The predicted molar refractivity (Wildman–Crippen MR) is 68.3 cm³/mol. The molecule has 1 fully saturated rings. The quantitative estimate of drug-likeness (QED) is 0.803. The predicted octanol–water partition coefficient (Wildman–Crippen LogP) is 1.52. The van der Waals surface area contributed by atoms with Crippen molar-refractivity contribution in [3.8, 4) is 0 Å². The summed E-state index contributed by atoms with van der Waals surface area (Å²) in [6.45, 7) is 6.19. The van der Waals surface area contributed by atoms with Crippen LogP contribution < -0.4 is 0 Å². The first kappa shape index (κ1) is 15.2. The van der Waals surface area contributed by atoms with E-state index in [1.807, 2.05) is 20.8 Å². The minimum Gasteiger partial charge on any atom is -0.444 e. The van der Waals surface area contributed by atoms with Gasteiger partial charge in [0, 0.05) is 13.2 Å². The van der Waals surface area contributed by atoms with Gasteiger partial charge in [0.15, 0.2) is 0 Å². The summed E-state index contributed by atoms with van der Waals surface area (Å²) in [6, 6.07) is -0.175.